The Labute approximate surface area is 84.3 Å². The highest BCUT2D eigenvalue weighted by molar-refractivity contribution is 5.20. The summed E-state index contributed by atoms with van der Waals surface area (Å²) in [5.41, 5.74) is 0. The molecule has 0 aliphatic heterocycles. The lowest BCUT2D eigenvalue weighted by molar-refractivity contribution is 0.309. The van der Waals surface area contributed by atoms with Crippen molar-refractivity contribution in [1.29, 1.82) is 5.26 Å². The molecule has 0 aromatic heterocycles. The largest absolute Gasteiger partial charge is 0.494 e. The lowest BCUT2D eigenvalue weighted by Crippen LogP contribution is -2.17. The molecule has 0 aliphatic rings. The highest BCUT2D eigenvalue weighted by Gasteiger charge is 1.91. The van der Waals surface area contributed by atoms with Crippen molar-refractivity contribution < 1.29 is 4.74 Å². The normalized spacial score (nSPS) is 9.36. The minimum atomic E-state index is 0.408. The topological polar surface area (TPSA) is 45.0 Å². The maximum Gasteiger partial charge on any atom is 0.119 e. The van der Waals surface area contributed by atoms with Gasteiger partial charge in [-0.2, -0.15) is 5.26 Å². The van der Waals surface area contributed by atoms with Crippen LogP contribution in [0.15, 0.2) is 30.3 Å². The van der Waals surface area contributed by atoms with Crippen molar-refractivity contribution in [2.75, 3.05) is 19.7 Å². The number of para-hydroxylation sites is 1. The summed E-state index contributed by atoms with van der Waals surface area (Å²) in [5.74, 6) is 0.896. The van der Waals surface area contributed by atoms with Crippen molar-refractivity contribution in [2.45, 2.75) is 6.42 Å². The molecule has 0 saturated carbocycles. The molecule has 0 radical (unpaired) electrons. The molecular formula is C11H14N2O. The zero-order valence-electron chi connectivity index (χ0n) is 8.07. The quantitative estimate of drug-likeness (QED) is 0.547. The third kappa shape index (κ3) is 4.48. The van der Waals surface area contributed by atoms with Crippen molar-refractivity contribution in [2.24, 2.45) is 0 Å². The predicted molar refractivity (Wildman–Crippen MR) is 55.0 cm³/mol. The van der Waals surface area contributed by atoms with Crippen molar-refractivity contribution >= 4 is 0 Å². The molecule has 0 unspecified atom stereocenters. The Morgan fingerprint density at radius 2 is 2.07 bits per heavy atom. The molecule has 3 heteroatoms. The van der Waals surface area contributed by atoms with Gasteiger partial charge in [0.25, 0.3) is 0 Å². The van der Waals surface area contributed by atoms with E-state index < -0.39 is 0 Å². The summed E-state index contributed by atoms with van der Waals surface area (Å²) >= 11 is 0. The number of ether oxygens (including phenoxy) is 1. The number of rotatable bonds is 6. The molecule has 3 nitrogen and oxygen atoms in total. The fourth-order valence-corrected chi connectivity index (χ4v) is 1.05. The van der Waals surface area contributed by atoms with Crippen LogP contribution < -0.4 is 10.1 Å². The zero-order valence-corrected chi connectivity index (χ0v) is 8.07. The van der Waals surface area contributed by atoms with Crippen molar-refractivity contribution in [3.8, 4) is 11.8 Å². The first-order valence-corrected chi connectivity index (χ1v) is 4.69. The van der Waals surface area contributed by atoms with Crippen LogP contribution in [0.1, 0.15) is 6.42 Å². The molecule has 74 valence electrons. The third-order valence-electron chi connectivity index (χ3n) is 1.71. The van der Waals surface area contributed by atoms with Crippen LogP contribution in [0.3, 0.4) is 0 Å². The van der Waals surface area contributed by atoms with Crippen LogP contribution in [0.25, 0.3) is 0 Å². The molecule has 1 aromatic rings. The van der Waals surface area contributed by atoms with E-state index in [0.29, 0.717) is 13.2 Å². The Hall–Kier alpha value is -1.53. The summed E-state index contributed by atoms with van der Waals surface area (Å²) in [6.07, 6.45) is 0.913. The van der Waals surface area contributed by atoms with E-state index in [-0.39, 0.29) is 0 Å². The molecule has 0 bridgehead atoms. The first kappa shape index (κ1) is 10.6. The number of hydrogen-bond donors (Lipinski definition) is 1. The fraction of sp³-hybridized carbons (Fsp3) is 0.364. The Kier molecular flexibility index (Phi) is 5.22. The van der Waals surface area contributed by atoms with Gasteiger partial charge in [0.2, 0.25) is 0 Å². The Bertz CT molecular complexity index is 279. The first-order valence-electron chi connectivity index (χ1n) is 4.69. The predicted octanol–water partition coefficient (Wildman–Crippen LogP) is 1.57. The van der Waals surface area contributed by atoms with Gasteiger partial charge in [0, 0.05) is 0 Å². The molecule has 1 aromatic carbocycles. The Morgan fingerprint density at radius 1 is 1.29 bits per heavy atom. The summed E-state index contributed by atoms with van der Waals surface area (Å²) in [6.45, 7) is 1.91. The monoisotopic (exact) mass is 190 g/mol. The first-order chi connectivity index (χ1) is 6.93. The minimum Gasteiger partial charge on any atom is -0.494 e. The van der Waals surface area contributed by atoms with E-state index in [1.165, 1.54) is 0 Å². The second-order valence-corrected chi connectivity index (χ2v) is 2.85. The molecule has 14 heavy (non-hydrogen) atoms. The molecule has 1 N–H and O–H groups in total. The van der Waals surface area contributed by atoms with Gasteiger partial charge in [0.15, 0.2) is 0 Å². The molecule has 0 fully saturated rings. The standard InChI is InChI=1S/C11H14N2O/c12-7-9-13-8-4-10-14-11-5-2-1-3-6-11/h1-3,5-6,13H,4,8-10H2. The average molecular weight is 190 g/mol. The van der Waals surface area contributed by atoms with E-state index in [1.807, 2.05) is 36.4 Å². The molecule has 0 spiro atoms. The van der Waals surface area contributed by atoms with Crippen LogP contribution in [-0.2, 0) is 0 Å². The van der Waals surface area contributed by atoms with Gasteiger partial charge in [-0.3, -0.25) is 0 Å². The number of nitrogens with zero attached hydrogens (tertiary/aromatic N) is 1. The number of benzene rings is 1. The summed E-state index contributed by atoms with van der Waals surface area (Å²) in [4.78, 5) is 0. The van der Waals surface area contributed by atoms with Crippen LogP contribution >= 0.6 is 0 Å². The summed E-state index contributed by atoms with van der Waals surface area (Å²) in [5, 5.41) is 11.2. The fourth-order valence-electron chi connectivity index (χ4n) is 1.05. The van der Waals surface area contributed by atoms with Crippen molar-refractivity contribution in [1.82, 2.24) is 5.32 Å². The molecule has 0 heterocycles. The van der Waals surface area contributed by atoms with Crippen molar-refractivity contribution in [3.05, 3.63) is 30.3 Å². The smallest absolute Gasteiger partial charge is 0.119 e. The lowest BCUT2D eigenvalue weighted by atomic mass is 10.3. The summed E-state index contributed by atoms with van der Waals surface area (Å²) < 4.78 is 5.46. The zero-order chi connectivity index (χ0) is 10.1. The lowest BCUT2D eigenvalue weighted by Gasteiger charge is -2.05. The minimum absolute atomic E-state index is 0.408. The third-order valence-corrected chi connectivity index (χ3v) is 1.71. The van der Waals surface area contributed by atoms with Gasteiger partial charge in [0.1, 0.15) is 5.75 Å². The van der Waals surface area contributed by atoms with E-state index in [1.54, 1.807) is 0 Å². The molecule has 0 amide bonds. The van der Waals surface area contributed by atoms with E-state index in [0.717, 1.165) is 18.7 Å². The van der Waals surface area contributed by atoms with Gasteiger partial charge in [0.05, 0.1) is 19.2 Å². The van der Waals surface area contributed by atoms with Gasteiger partial charge in [-0.1, -0.05) is 18.2 Å². The van der Waals surface area contributed by atoms with Gasteiger partial charge < -0.3 is 10.1 Å². The maximum absolute atomic E-state index is 8.26. The highest BCUT2D eigenvalue weighted by atomic mass is 16.5. The van der Waals surface area contributed by atoms with E-state index in [9.17, 15) is 0 Å². The second-order valence-electron chi connectivity index (χ2n) is 2.85. The Balaban J connectivity index is 2.03. The van der Waals surface area contributed by atoms with Gasteiger partial charge in [-0.25, -0.2) is 0 Å². The molecule has 0 saturated heterocycles. The van der Waals surface area contributed by atoms with Crippen LogP contribution in [0.5, 0.6) is 5.75 Å². The number of hydrogen-bond acceptors (Lipinski definition) is 3. The van der Waals surface area contributed by atoms with Crippen LogP contribution in [0.2, 0.25) is 0 Å². The SMILES string of the molecule is N#CCNCCCOc1ccccc1. The summed E-state index contributed by atoms with van der Waals surface area (Å²) in [6, 6.07) is 11.7. The highest BCUT2D eigenvalue weighted by Crippen LogP contribution is 2.07. The van der Waals surface area contributed by atoms with Gasteiger partial charge >= 0.3 is 0 Å². The summed E-state index contributed by atoms with van der Waals surface area (Å²) in [7, 11) is 0. The molecule has 0 atom stereocenters. The molecular weight excluding hydrogens is 176 g/mol. The van der Waals surface area contributed by atoms with Crippen LogP contribution in [-0.4, -0.2) is 19.7 Å². The van der Waals surface area contributed by atoms with E-state index in [2.05, 4.69) is 5.32 Å². The number of nitriles is 1. The van der Waals surface area contributed by atoms with E-state index >= 15 is 0 Å². The molecule has 1 rings (SSSR count). The average Bonchev–Trinajstić information content (AvgIpc) is 2.25. The second kappa shape index (κ2) is 6.93. The molecule has 0 aliphatic carbocycles. The van der Waals surface area contributed by atoms with Crippen molar-refractivity contribution in [3.63, 3.8) is 0 Å². The van der Waals surface area contributed by atoms with Crippen LogP contribution in [0, 0.1) is 11.3 Å². The Morgan fingerprint density at radius 3 is 2.79 bits per heavy atom. The van der Waals surface area contributed by atoms with Gasteiger partial charge in [-0.15, -0.1) is 0 Å². The van der Waals surface area contributed by atoms with Crippen LogP contribution in [0.4, 0.5) is 0 Å². The maximum atomic E-state index is 8.26. The van der Waals surface area contributed by atoms with Gasteiger partial charge in [-0.05, 0) is 25.1 Å². The number of nitrogens with one attached hydrogen (secondary N) is 1. The van der Waals surface area contributed by atoms with E-state index in [4.69, 9.17) is 10.00 Å².